The Labute approximate surface area is 188 Å². The predicted octanol–water partition coefficient (Wildman–Crippen LogP) is 5.45. The van der Waals surface area contributed by atoms with E-state index in [0.717, 1.165) is 47.6 Å². The van der Waals surface area contributed by atoms with Gasteiger partial charge in [0.25, 0.3) is 5.91 Å². The van der Waals surface area contributed by atoms with Gasteiger partial charge in [0.05, 0.1) is 26.0 Å². The quantitative estimate of drug-likeness (QED) is 0.583. The highest BCUT2D eigenvalue weighted by molar-refractivity contribution is 6.30. The van der Waals surface area contributed by atoms with Crippen LogP contribution in [-0.4, -0.2) is 36.2 Å². The van der Waals surface area contributed by atoms with Crippen LogP contribution in [0.1, 0.15) is 43.4 Å². The van der Waals surface area contributed by atoms with Gasteiger partial charge in [0, 0.05) is 5.92 Å². The van der Waals surface area contributed by atoms with Crippen LogP contribution in [0.25, 0.3) is 6.08 Å². The first-order valence-electron chi connectivity index (χ1n) is 10.6. The number of carbonyl (C=O) groups excluding carboxylic acids is 1. The fourth-order valence-electron chi connectivity index (χ4n) is 4.40. The van der Waals surface area contributed by atoms with Gasteiger partial charge in [0.1, 0.15) is 16.9 Å². The van der Waals surface area contributed by atoms with Crippen LogP contribution < -0.4 is 9.47 Å². The largest absolute Gasteiger partial charge is 0.497 e. The highest BCUT2D eigenvalue weighted by Crippen LogP contribution is 2.45. The summed E-state index contributed by atoms with van der Waals surface area (Å²) in [5.74, 6) is 1.59. The van der Waals surface area contributed by atoms with Crippen molar-refractivity contribution in [2.45, 2.75) is 37.6 Å². The number of alkyl halides is 1. The number of rotatable bonds is 5. The number of allylic oxidation sites excluding steroid dienone is 1. The van der Waals surface area contributed by atoms with E-state index in [2.05, 4.69) is 6.08 Å². The number of ether oxygens (including phenoxy) is 2. The number of carbonyl (C=O) groups is 1. The molecule has 0 saturated heterocycles. The summed E-state index contributed by atoms with van der Waals surface area (Å²) in [5.41, 5.74) is 4.31. The number of halogens is 1. The van der Waals surface area contributed by atoms with Crippen LogP contribution in [0.5, 0.6) is 11.5 Å². The molecule has 1 saturated carbocycles. The lowest BCUT2D eigenvalue weighted by molar-refractivity contribution is -0.132. The third kappa shape index (κ3) is 4.33. The molecular weight excluding hydrogens is 412 g/mol. The first kappa shape index (κ1) is 21.4. The number of fused-ring (bicyclic) bond motifs is 1. The Bertz CT molecular complexity index is 996. The van der Waals surface area contributed by atoms with Crippen molar-refractivity contribution in [2.75, 3.05) is 14.2 Å². The van der Waals surface area contributed by atoms with Gasteiger partial charge in [-0.3, -0.25) is 4.79 Å². The van der Waals surface area contributed by atoms with E-state index >= 15 is 0 Å². The van der Waals surface area contributed by atoms with Crippen LogP contribution in [-0.2, 0) is 4.79 Å². The minimum Gasteiger partial charge on any atom is -0.497 e. The Morgan fingerprint density at radius 2 is 1.71 bits per heavy atom. The molecule has 1 aliphatic carbocycles. The highest BCUT2D eigenvalue weighted by atomic mass is 35.5. The number of hydrazone groups is 1. The van der Waals surface area contributed by atoms with Crippen molar-refractivity contribution < 1.29 is 14.3 Å². The zero-order valence-electron chi connectivity index (χ0n) is 18.0. The molecule has 2 aliphatic rings. The second-order valence-corrected chi connectivity index (χ2v) is 8.60. The third-order valence-corrected chi connectivity index (χ3v) is 6.17. The van der Waals surface area contributed by atoms with Crippen LogP contribution >= 0.6 is 11.6 Å². The first-order valence-corrected chi connectivity index (χ1v) is 11.0. The third-order valence-electron chi connectivity index (χ3n) is 5.98. The molecule has 0 aromatic heterocycles. The van der Waals surface area contributed by atoms with Crippen LogP contribution in [0.2, 0.25) is 0 Å². The van der Waals surface area contributed by atoms with Crippen molar-refractivity contribution in [3.8, 4) is 11.5 Å². The average molecular weight is 439 g/mol. The number of amides is 1. The second-order valence-electron chi connectivity index (χ2n) is 7.94. The smallest absolute Gasteiger partial charge is 0.261 e. The van der Waals surface area contributed by atoms with Gasteiger partial charge in [-0.05, 0) is 73.2 Å². The first-order chi connectivity index (χ1) is 15.0. The maximum Gasteiger partial charge on any atom is 0.261 e. The van der Waals surface area contributed by atoms with E-state index in [1.807, 2.05) is 48.5 Å². The van der Waals surface area contributed by atoms with Crippen molar-refractivity contribution in [1.29, 1.82) is 0 Å². The summed E-state index contributed by atoms with van der Waals surface area (Å²) in [4.78, 5) is 13.0. The van der Waals surface area contributed by atoms with E-state index in [9.17, 15) is 4.79 Å². The molecule has 0 bridgehead atoms. The minimum atomic E-state index is -0.640. The standard InChI is InChI=1S/C25H27ClN2O3/c1-16(26)25(29)28-24(18-9-13-21(31-3)14-10-18)22-6-4-5-19(23(22)27-28)15-17-7-11-20(30-2)12-8-17/h7-16,22,24H,4-6H2,1-3H3/b19-15+/t16-,22-,24-/m1/s1. The summed E-state index contributed by atoms with van der Waals surface area (Å²) < 4.78 is 10.6. The summed E-state index contributed by atoms with van der Waals surface area (Å²) in [7, 11) is 3.31. The molecule has 0 unspecified atom stereocenters. The highest BCUT2D eigenvalue weighted by Gasteiger charge is 2.44. The zero-order chi connectivity index (χ0) is 22.0. The molecule has 31 heavy (non-hydrogen) atoms. The fraction of sp³-hybridized carbons (Fsp3) is 0.360. The molecule has 162 valence electrons. The molecule has 1 heterocycles. The summed E-state index contributed by atoms with van der Waals surface area (Å²) in [6.07, 6.45) is 5.15. The minimum absolute atomic E-state index is 0.144. The maximum absolute atomic E-state index is 13.0. The lowest BCUT2D eigenvalue weighted by atomic mass is 9.77. The lowest BCUT2D eigenvalue weighted by Crippen LogP contribution is -2.35. The second kappa shape index (κ2) is 9.15. The number of hydrogen-bond acceptors (Lipinski definition) is 4. The van der Waals surface area contributed by atoms with Gasteiger partial charge in [0.15, 0.2) is 0 Å². The molecule has 0 radical (unpaired) electrons. The van der Waals surface area contributed by atoms with E-state index in [0.29, 0.717) is 0 Å². The maximum atomic E-state index is 13.0. The van der Waals surface area contributed by atoms with Crippen LogP contribution in [0, 0.1) is 5.92 Å². The molecule has 0 spiro atoms. The molecule has 2 aromatic rings. The van der Waals surface area contributed by atoms with E-state index < -0.39 is 5.38 Å². The molecule has 1 aliphatic heterocycles. The van der Waals surface area contributed by atoms with E-state index in [1.54, 1.807) is 26.2 Å². The topological polar surface area (TPSA) is 51.1 Å². The average Bonchev–Trinajstić information content (AvgIpc) is 3.19. The molecule has 4 rings (SSSR count). The molecule has 1 amide bonds. The molecule has 1 fully saturated rings. The molecule has 5 nitrogen and oxygen atoms in total. The summed E-state index contributed by atoms with van der Waals surface area (Å²) >= 11 is 6.19. The normalized spacial score (nSPS) is 22.6. The lowest BCUT2D eigenvalue weighted by Gasteiger charge is -2.30. The molecule has 6 heteroatoms. The number of benzene rings is 2. The monoisotopic (exact) mass is 438 g/mol. The van der Waals surface area contributed by atoms with Crippen LogP contribution in [0.15, 0.2) is 59.2 Å². The van der Waals surface area contributed by atoms with E-state index in [1.165, 1.54) is 5.57 Å². The van der Waals surface area contributed by atoms with E-state index in [-0.39, 0.29) is 17.9 Å². The number of methoxy groups -OCH3 is 2. The Morgan fingerprint density at radius 3 is 2.29 bits per heavy atom. The molecule has 0 N–H and O–H groups in total. The Balaban J connectivity index is 1.71. The predicted molar refractivity (Wildman–Crippen MR) is 124 cm³/mol. The molecule has 3 atom stereocenters. The fourth-order valence-corrected chi connectivity index (χ4v) is 4.50. The van der Waals surface area contributed by atoms with Gasteiger partial charge in [-0.1, -0.05) is 24.3 Å². The zero-order valence-corrected chi connectivity index (χ0v) is 18.8. The summed E-state index contributed by atoms with van der Waals surface area (Å²) in [6.45, 7) is 1.70. The van der Waals surface area contributed by atoms with Crippen molar-refractivity contribution in [2.24, 2.45) is 11.0 Å². The van der Waals surface area contributed by atoms with Gasteiger partial charge in [0.2, 0.25) is 0 Å². The van der Waals surface area contributed by atoms with Crippen molar-refractivity contribution >= 4 is 29.3 Å². The number of nitrogens with zero attached hydrogens (tertiary/aromatic N) is 2. The Kier molecular flexibility index (Phi) is 6.33. The van der Waals surface area contributed by atoms with Gasteiger partial charge in [-0.25, -0.2) is 5.01 Å². The van der Waals surface area contributed by atoms with Crippen LogP contribution in [0.4, 0.5) is 0 Å². The van der Waals surface area contributed by atoms with Gasteiger partial charge < -0.3 is 9.47 Å². The van der Waals surface area contributed by atoms with Crippen molar-refractivity contribution in [3.63, 3.8) is 0 Å². The SMILES string of the molecule is COc1ccc(/C=C2\CCC[C@@H]3C2=NN(C(=O)[C@@H](C)Cl)[C@@H]3c2ccc(OC)cc2)cc1. The van der Waals surface area contributed by atoms with Gasteiger partial charge in [-0.2, -0.15) is 5.10 Å². The summed E-state index contributed by atoms with van der Waals surface area (Å²) in [5, 5.41) is 5.80. The Morgan fingerprint density at radius 1 is 1.10 bits per heavy atom. The van der Waals surface area contributed by atoms with Crippen molar-refractivity contribution in [1.82, 2.24) is 5.01 Å². The Hall–Kier alpha value is -2.79. The van der Waals surface area contributed by atoms with Crippen molar-refractivity contribution in [3.05, 3.63) is 65.2 Å². The van der Waals surface area contributed by atoms with Gasteiger partial charge >= 0.3 is 0 Å². The van der Waals surface area contributed by atoms with Crippen LogP contribution in [0.3, 0.4) is 0 Å². The molecule has 2 aromatic carbocycles. The van der Waals surface area contributed by atoms with E-state index in [4.69, 9.17) is 26.2 Å². The summed E-state index contributed by atoms with van der Waals surface area (Å²) in [6, 6.07) is 15.7. The molecular formula is C25H27ClN2O3. The number of hydrogen-bond donors (Lipinski definition) is 0. The van der Waals surface area contributed by atoms with Gasteiger partial charge in [-0.15, -0.1) is 11.6 Å².